The Labute approximate surface area is 169 Å². The van der Waals surface area contributed by atoms with Crippen molar-refractivity contribution in [2.24, 2.45) is 0 Å². The lowest BCUT2D eigenvalue weighted by molar-refractivity contribution is 0.0994. The van der Waals surface area contributed by atoms with Crippen molar-refractivity contribution in [3.05, 3.63) is 53.9 Å². The summed E-state index contributed by atoms with van der Waals surface area (Å²) in [6.07, 6.45) is 4.99. The standard InChI is InChI=1S/C23H25N5O/c1-3-26(4-2)13-14-27-20-8-5-16(28-12-11-24-25-28)15-19(20)23-18-7-10-22(29)17(18)6-9-21(23)27/h5-6,8-9,11-12,15H,3-4,7,10,13-14H2,1-2H3. The smallest absolute Gasteiger partial charge is 0.163 e. The number of Topliss-reactive ketones (excluding diaryl/α,β-unsaturated/α-hetero) is 1. The largest absolute Gasteiger partial charge is 0.339 e. The molecule has 0 aliphatic heterocycles. The molecule has 0 bridgehead atoms. The SMILES string of the molecule is CCN(CC)CCn1c2ccc(-n3ccnn3)cc2c2c3c(ccc21)C(=O)CC3. The van der Waals surface area contributed by atoms with E-state index in [0.29, 0.717) is 6.42 Å². The normalized spacial score (nSPS) is 13.8. The van der Waals surface area contributed by atoms with Gasteiger partial charge in [-0.3, -0.25) is 4.79 Å². The van der Waals surface area contributed by atoms with Crippen LogP contribution in [0, 0.1) is 0 Å². The van der Waals surface area contributed by atoms with Crippen LogP contribution in [0.5, 0.6) is 0 Å². The van der Waals surface area contributed by atoms with E-state index >= 15 is 0 Å². The number of rotatable bonds is 6. The van der Waals surface area contributed by atoms with Crippen molar-refractivity contribution in [2.45, 2.75) is 33.2 Å². The van der Waals surface area contributed by atoms with Crippen molar-refractivity contribution in [3.63, 3.8) is 0 Å². The predicted octanol–water partition coefficient (Wildman–Crippen LogP) is 3.85. The summed E-state index contributed by atoms with van der Waals surface area (Å²) in [4.78, 5) is 14.8. The Morgan fingerprint density at radius 2 is 1.90 bits per heavy atom. The van der Waals surface area contributed by atoms with Crippen molar-refractivity contribution in [1.82, 2.24) is 24.5 Å². The number of carbonyl (C=O) groups excluding carboxylic acids is 1. The van der Waals surface area contributed by atoms with Crippen LogP contribution in [0.25, 0.3) is 27.5 Å². The van der Waals surface area contributed by atoms with Crippen LogP contribution in [0.2, 0.25) is 0 Å². The number of benzene rings is 2. The lowest BCUT2D eigenvalue weighted by atomic mass is 10.0. The predicted molar refractivity (Wildman–Crippen MR) is 115 cm³/mol. The molecule has 1 aliphatic carbocycles. The molecule has 2 heterocycles. The quantitative estimate of drug-likeness (QED) is 0.504. The zero-order valence-corrected chi connectivity index (χ0v) is 16.9. The third-order valence-electron chi connectivity index (χ3n) is 6.25. The minimum Gasteiger partial charge on any atom is -0.339 e. The Bertz CT molecular complexity index is 1200. The molecule has 1 aliphatic rings. The Morgan fingerprint density at radius 3 is 2.66 bits per heavy atom. The second-order valence-corrected chi connectivity index (χ2v) is 7.64. The van der Waals surface area contributed by atoms with Crippen LogP contribution in [-0.4, -0.2) is 49.9 Å². The Hall–Kier alpha value is -2.99. The summed E-state index contributed by atoms with van der Waals surface area (Å²) in [5, 5.41) is 10.5. The fourth-order valence-electron chi connectivity index (χ4n) is 4.66. The van der Waals surface area contributed by atoms with E-state index in [-0.39, 0.29) is 5.78 Å². The maximum atomic E-state index is 12.4. The summed E-state index contributed by atoms with van der Waals surface area (Å²) >= 11 is 0. The number of hydrogen-bond donors (Lipinski definition) is 0. The van der Waals surface area contributed by atoms with E-state index in [9.17, 15) is 4.79 Å². The first-order valence-electron chi connectivity index (χ1n) is 10.4. The number of hydrogen-bond acceptors (Lipinski definition) is 4. The summed E-state index contributed by atoms with van der Waals surface area (Å²) < 4.78 is 4.20. The van der Waals surface area contributed by atoms with Gasteiger partial charge in [-0.1, -0.05) is 19.1 Å². The molecular weight excluding hydrogens is 362 g/mol. The monoisotopic (exact) mass is 387 g/mol. The highest BCUT2D eigenvalue weighted by Crippen LogP contribution is 2.37. The Kier molecular flexibility index (Phi) is 4.43. The number of fused-ring (bicyclic) bond motifs is 5. The van der Waals surface area contributed by atoms with Crippen molar-refractivity contribution >= 4 is 27.6 Å². The van der Waals surface area contributed by atoms with Crippen LogP contribution in [0.15, 0.2) is 42.7 Å². The second kappa shape index (κ2) is 7.12. The number of aromatic nitrogens is 4. The Morgan fingerprint density at radius 1 is 1.07 bits per heavy atom. The van der Waals surface area contributed by atoms with E-state index in [1.54, 1.807) is 10.9 Å². The number of aryl methyl sites for hydroxylation is 1. The summed E-state index contributed by atoms with van der Waals surface area (Å²) in [6.45, 7) is 8.45. The van der Waals surface area contributed by atoms with Crippen molar-refractivity contribution in [2.75, 3.05) is 19.6 Å². The first-order valence-corrected chi connectivity index (χ1v) is 10.4. The molecule has 0 N–H and O–H groups in total. The molecule has 0 amide bonds. The highest BCUT2D eigenvalue weighted by molar-refractivity contribution is 6.15. The topological polar surface area (TPSA) is 56.0 Å². The van der Waals surface area contributed by atoms with E-state index in [1.807, 2.05) is 12.3 Å². The molecule has 29 heavy (non-hydrogen) atoms. The minimum absolute atomic E-state index is 0.262. The van der Waals surface area contributed by atoms with Crippen LogP contribution in [0.1, 0.15) is 36.2 Å². The molecule has 4 aromatic rings. The maximum absolute atomic E-state index is 12.4. The molecule has 0 saturated carbocycles. The van der Waals surface area contributed by atoms with Crippen LogP contribution in [0.4, 0.5) is 0 Å². The van der Waals surface area contributed by atoms with E-state index in [2.05, 4.69) is 57.9 Å². The highest BCUT2D eigenvalue weighted by atomic mass is 16.1. The molecule has 2 aromatic heterocycles. The lowest BCUT2D eigenvalue weighted by Crippen LogP contribution is -2.26. The lowest BCUT2D eigenvalue weighted by Gasteiger charge is -2.19. The summed E-state index contributed by atoms with van der Waals surface area (Å²) in [5.74, 6) is 0.262. The van der Waals surface area contributed by atoms with Crippen LogP contribution >= 0.6 is 0 Å². The Balaban J connectivity index is 1.74. The van der Waals surface area contributed by atoms with Gasteiger partial charge in [-0.15, -0.1) is 5.10 Å². The zero-order valence-electron chi connectivity index (χ0n) is 16.9. The van der Waals surface area contributed by atoms with E-state index < -0.39 is 0 Å². The van der Waals surface area contributed by atoms with E-state index in [0.717, 1.165) is 43.9 Å². The van der Waals surface area contributed by atoms with Gasteiger partial charge in [-0.25, -0.2) is 4.68 Å². The number of carbonyl (C=O) groups is 1. The number of likely N-dealkylation sites (N-methyl/N-ethyl adjacent to an activating group) is 1. The van der Waals surface area contributed by atoms with Gasteiger partial charge in [-0.2, -0.15) is 0 Å². The van der Waals surface area contributed by atoms with Crippen LogP contribution in [0.3, 0.4) is 0 Å². The van der Waals surface area contributed by atoms with Gasteiger partial charge in [0.25, 0.3) is 0 Å². The van der Waals surface area contributed by atoms with Gasteiger partial charge in [-0.05, 0) is 55.4 Å². The van der Waals surface area contributed by atoms with Crippen LogP contribution in [-0.2, 0) is 13.0 Å². The fraction of sp³-hybridized carbons (Fsp3) is 0.348. The third kappa shape index (κ3) is 2.86. The zero-order chi connectivity index (χ0) is 20.0. The molecule has 0 fully saturated rings. The molecule has 0 radical (unpaired) electrons. The van der Waals surface area contributed by atoms with Crippen molar-refractivity contribution in [1.29, 1.82) is 0 Å². The van der Waals surface area contributed by atoms with Gasteiger partial charge < -0.3 is 9.47 Å². The third-order valence-corrected chi connectivity index (χ3v) is 6.25. The minimum atomic E-state index is 0.262. The number of nitrogens with zero attached hydrogens (tertiary/aromatic N) is 5. The molecular formula is C23H25N5O. The highest BCUT2D eigenvalue weighted by Gasteiger charge is 2.25. The molecule has 6 nitrogen and oxygen atoms in total. The van der Waals surface area contributed by atoms with E-state index in [4.69, 9.17) is 0 Å². The average Bonchev–Trinajstić information content (AvgIpc) is 3.47. The molecule has 0 atom stereocenters. The van der Waals surface area contributed by atoms with Crippen LogP contribution < -0.4 is 0 Å². The summed E-state index contributed by atoms with van der Waals surface area (Å²) in [6, 6.07) is 10.6. The van der Waals surface area contributed by atoms with Crippen molar-refractivity contribution in [3.8, 4) is 5.69 Å². The number of ketones is 1. The molecule has 0 unspecified atom stereocenters. The van der Waals surface area contributed by atoms with Crippen molar-refractivity contribution < 1.29 is 4.79 Å². The summed E-state index contributed by atoms with van der Waals surface area (Å²) in [5.41, 5.74) is 5.51. The van der Waals surface area contributed by atoms with Gasteiger partial charge in [0.15, 0.2) is 5.78 Å². The summed E-state index contributed by atoms with van der Waals surface area (Å²) in [7, 11) is 0. The molecule has 5 rings (SSSR count). The maximum Gasteiger partial charge on any atom is 0.163 e. The average molecular weight is 387 g/mol. The van der Waals surface area contributed by atoms with E-state index in [1.165, 1.54) is 27.4 Å². The molecule has 0 saturated heterocycles. The fourth-order valence-corrected chi connectivity index (χ4v) is 4.66. The molecule has 2 aromatic carbocycles. The molecule has 0 spiro atoms. The van der Waals surface area contributed by atoms with Gasteiger partial charge in [0.1, 0.15) is 0 Å². The van der Waals surface area contributed by atoms with Gasteiger partial charge in [0.2, 0.25) is 0 Å². The van der Waals surface area contributed by atoms with Gasteiger partial charge in [0, 0.05) is 46.9 Å². The first-order chi connectivity index (χ1) is 14.2. The first kappa shape index (κ1) is 18.1. The van der Waals surface area contributed by atoms with Gasteiger partial charge in [0.05, 0.1) is 18.1 Å². The van der Waals surface area contributed by atoms with Gasteiger partial charge >= 0.3 is 0 Å². The second-order valence-electron chi connectivity index (χ2n) is 7.64. The molecule has 148 valence electrons. The molecule has 6 heteroatoms.